The van der Waals surface area contributed by atoms with Gasteiger partial charge in [0.2, 0.25) is 0 Å². The average molecular weight is 332 g/mol. The highest BCUT2D eigenvalue weighted by atomic mass is 32.2. The van der Waals surface area contributed by atoms with E-state index in [4.69, 9.17) is 0 Å². The van der Waals surface area contributed by atoms with Crippen LogP contribution in [0.25, 0.3) is 0 Å². The maximum absolute atomic E-state index is 13.3. The first-order chi connectivity index (χ1) is 10.3. The average Bonchev–Trinajstić information content (AvgIpc) is 2.96. The summed E-state index contributed by atoms with van der Waals surface area (Å²) in [6.45, 7) is 0. The molecule has 1 atom stereocenters. The smallest absolute Gasteiger partial charge is 0.416 e. The molecule has 1 aliphatic carbocycles. The van der Waals surface area contributed by atoms with Crippen molar-refractivity contribution < 1.29 is 23.1 Å². The van der Waals surface area contributed by atoms with E-state index >= 15 is 0 Å². The Morgan fingerprint density at radius 3 is 2.50 bits per heavy atom. The number of carboxylic acid groups (broad SMARTS) is 1. The largest absolute Gasteiger partial charge is 0.481 e. The third-order valence-corrected chi connectivity index (χ3v) is 5.01. The second-order valence-electron chi connectivity index (χ2n) is 5.73. The minimum atomic E-state index is -4.54. The molecule has 0 saturated heterocycles. The maximum atomic E-state index is 13.3. The van der Waals surface area contributed by atoms with E-state index < -0.39 is 23.6 Å². The zero-order valence-electron chi connectivity index (χ0n) is 12.3. The molecule has 1 aromatic carbocycles. The van der Waals surface area contributed by atoms with E-state index in [-0.39, 0.29) is 17.9 Å². The Kier molecular flexibility index (Phi) is 5.42. The van der Waals surface area contributed by atoms with Gasteiger partial charge in [-0.3, -0.25) is 4.79 Å². The molecule has 1 N–H and O–H groups in total. The van der Waals surface area contributed by atoms with Crippen molar-refractivity contribution in [3.63, 3.8) is 0 Å². The fourth-order valence-corrected chi connectivity index (χ4v) is 3.59. The van der Waals surface area contributed by atoms with Crippen LogP contribution in [-0.2, 0) is 11.0 Å². The molecule has 22 heavy (non-hydrogen) atoms. The Balaban J connectivity index is 2.39. The van der Waals surface area contributed by atoms with Gasteiger partial charge >= 0.3 is 12.1 Å². The van der Waals surface area contributed by atoms with Crippen molar-refractivity contribution in [3.8, 4) is 0 Å². The lowest BCUT2D eigenvalue weighted by Crippen LogP contribution is -2.20. The van der Waals surface area contributed by atoms with Crippen LogP contribution in [0.15, 0.2) is 23.1 Å². The second kappa shape index (κ2) is 6.94. The van der Waals surface area contributed by atoms with E-state index in [9.17, 15) is 23.1 Å². The molecule has 6 heteroatoms. The molecule has 0 aliphatic heterocycles. The van der Waals surface area contributed by atoms with Crippen molar-refractivity contribution in [3.05, 3.63) is 29.3 Å². The summed E-state index contributed by atoms with van der Waals surface area (Å²) in [6.07, 6.45) is 1.34. The van der Waals surface area contributed by atoms with Crippen molar-refractivity contribution in [2.45, 2.75) is 49.1 Å². The predicted octanol–water partition coefficient (Wildman–Crippen LogP) is 5.18. The molecule has 2 nitrogen and oxygen atoms in total. The van der Waals surface area contributed by atoms with Crippen LogP contribution >= 0.6 is 11.8 Å². The van der Waals surface area contributed by atoms with Gasteiger partial charge in [0, 0.05) is 4.90 Å². The molecule has 122 valence electrons. The zero-order chi connectivity index (χ0) is 16.3. The highest BCUT2D eigenvalue weighted by Crippen LogP contribution is 2.41. The summed E-state index contributed by atoms with van der Waals surface area (Å²) in [5.41, 5.74) is -0.922. The summed E-state index contributed by atoms with van der Waals surface area (Å²) in [5, 5.41) is 9.43. The van der Waals surface area contributed by atoms with E-state index in [0.717, 1.165) is 31.7 Å². The van der Waals surface area contributed by atoms with E-state index in [1.165, 1.54) is 17.8 Å². The van der Waals surface area contributed by atoms with Gasteiger partial charge in [-0.1, -0.05) is 31.7 Å². The quantitative estimate of drug-likeness (QED) is 0.755. The van der Waals surface area contributed by atoms with Crippen LogP contribution in [0.2, 0.25) is 0 Å². The van der Waals surface area contributed by atoms with Crippen LogP contribution < -0.4 is 0 Å². The Hall–Kier alpha value is -1.17. The van der Waals surface area contributed by atoms with E-state index in [1.807, 2.05) is 0 Å². The normalized spacial score (nSPS) is 17.6. The van der Waals surface area contributed by atoms with Crippen LogP contribution in [0.5, 0.6) is 0 Å². The van der Waals surface area contributed by atoms with Crippen molar-refractivity contribution in [2.75, 3.05) is 6.26 Å². The molecule has 0 heterocycles. The first kappa shape index (κ1) is 17.2. The van der Waals surface area contributed by atoms with Crippen molar-refractivity contribution in [1.29, 1.82) is 0 Å². The SMILES string of the molecule is CSc1ccc(C(CC2CCCC2)C(=O)O)c(C(F)(F)F)c1. The number of thioether (sulfide) groups is 1. The molecule has 1 aromatic rings. The number of aliphatic carboxylic acids is 1. The van der Waals surface area contributed by atoms with Crippen LogP contribution in [0.1, 0.15) is 49.1 Å². The monoisotopic (exact) mass is 332 g/mol. The number of carbonyl (C=O) groups is 1. The Labute approximate surface area is 132 Å². The third-order valence-electron chi connectivity index (χ3n) is 4.28. The summed E-state index contributed by atoms with van der Waals surface area (Å²) >= 11 is 1.21. The van der Waals surface area contributed by atoms with Crippen LogP contribution in [0.4, 0.5) is 13.2 Å². The molecule has 1 saturated carbocycles. The van der Waals surface area contributed by atoms with Crippen LogP contribution in [0, 0.1) is 5.92 Å². The molecule has 0 spiro atoms. The molecule has 2 rings (SSSR count). The molecule has 0 amide bonds. The fraction of sp³-hybridized carbons (Fsp3) is 0.562. The van der Waals surface area contributed by atoms with Gasteiger partial charge in [0.25, 0.3) is 0 Å². The molecule has 0 radical (unpaired) electrons. The number of hydrogen-bond acceptors (Lipinski definition) is 2. The minimum Gasteiger partial charge on any atom is -0.481 e. The topological polar surface area (TPSA) is 37.3 Å². The Bertz CT molecular complexity index is 537. The molecule has 1 fully saturated rings. The molecular weight excluding hydrogens is 313 g/mol. The summed E-state index contributed by atoms with van der Waals surface area (Å²) in [4.78, 5) is 12.0. The first-order valence-corrected chi connectivity index (χ1v) is 8.53. The van der Waals surface area contributed by atoms with E-state index in [1.54, 1.807) is 12.3 Å². The fourth-order valence-electron chi connectivity index (χ4n) is 3.15. The molecule has 0 aromatic heterocycles. The van der Waals surface area contributed by atoms with Gasteiger partial charge in [-0.15, -0.1) is 11.8 Å². The minimum absolute atomic E-state index is 0.107. The van der Waals surface area contributed by atoms with Gasteiger partial charge < -0.3 is 5.11 Å². The summed E-state index contributed by atoms with van der Waals surface area (Å²) in [5.74, 6) is -2.05. The zero-order valence-corrected chi connectivity index (χ0v) is 13.1. The lowest BCUT2D eigenvalue weighted by Gasteiger charge is -2.21. The highest BCUT2D eigenvalue weighted by molar-refractivity contribution is 7.98. The van der Waals surface area contributed by atoms with Crippen LogP contribution in [-0.4, -0.2) is 17.3 Å². The lowest BCUT2D eigenvalue weighted by molar-refractivity contribution is -0.142. The summed E-state index contributed by atoms with van der Waals surface area (Å²) < 4.78 is 39.9. The number of halogens is 3. The van der Waals surface area contributed by atoms with Gasteiger partial charge in [0.05, 0.1) is 11.5 Å². The predicted molar refractivity (Wildman–Crippen MR) is 80.2 cm³/mol. The second-order valence-corrected chi connectivity index (χ2v) is 6.61. The van der Waals surface area contributed by atoms with Crippen molar-refractivity contribution >= 4 is 17.7 Å². The number of benzene rings is 1. The van der Waals surface area contributed by atoms with Gasteiger partial charge in [-0.25, -0.2) is 0 Å². The summed E-state index contributed by atoms with van der Waals surface area (Å²) in [6, 6.07) is 3.97. The third kappa shape index (κ3) is 3.97. The summed E-state index contributed by atoms with van der Waals surface area (Å²) in [7, 11) is 0. The Morgan fingerprint density at radius 2 is 2.00 bits per heavy atom. The first-order valence-electron chi connectivity index (χ1n) is 7.31. The van der Waals surface area contributed by atoms with Gasteiger partial charge in [-0.05, 0) is 36.3 Å². The molecular formula is C16H19F3O2S. The number of alkyl halides is 3. The van der Waals surface area contributed by atoms with Crippen molar-refractivity contribution in [2.24, 2.45) is 5.92 Å². The van der Waals surface area contributed by atoms with Gasteiger partial charge in [-0.2, -0.15) is 13.2 Å². The number of carboxylic acids is 1. The lowest BCUT2D eigenvalue weighted by atomic mass is 9.85. The van der Waals surface area contributed by atoms with Crippen molar-refractivity contribution in [1.82, 2.24) is 0 Å². The molecule has 0 bridgehead atoms. The number of rotatable bonds is 5. The molecule has 1 aliphatic rings. The van der Waals surface area contributed by atoms with E-state index in [0.29, 0.717) is 4.90 Å². The van der Waals surface area contributed by atoms with Crippen LogP contribution in [0.3, 0.4) is 0 Å². The molecule has 1 unspecified atom stereocenters. The highest BCUT2D eigenvalue weighted by Gasteiger charge is 2.38. The standard InChI is InChI=1S/C16H19F3O2S/c1-22-11-6-7-12(14(9-11)16(17,18)19)13(15(20)21)8-10-4-2-3-5-10/h6-7,9-10,13H,2-5,8H2,1H3,(H,20,21). The van der Waals surface area contributed by atoms with Gasteiger partial charge in [0.1, 0.15) is 0 Å². The van der Waals surface area contributed by atoms with E-state index in [2.05, 4.69) is 0 Å². The number of hydrogen-bond donors (Lipinski definition) is 1. The van der Waals surface area contributed by atoms with Gasteiger partial charge in [0.15, 0.2) is 0 Å². The maximum Gasteiger partial charge on any atom is 0.416 e. The Morgan fingerprint density at radius 1 is 1.36 bits per heavy atom.